The molecule has 0 atom stereocenters. The fraction of sp³-hybridized carbons (Fsp3) is 0.308. The Kier molecular flexibility index (Phi) is 8.22. The maximum Gasteiger partial charge on any atom is 0.257 e. The molecule has 0 bridgehead atoms. The van der Waals surface area contributed by atoms with Crippen LogP contribution in [0.5, 0.6) is 0 Å². The molecule has 1 aromatic heterocycles. The second kappa shape index (κ2) is 11.3. The number of nitrogens with zero attached hydrogens (tertiary/aromatic N) is 1. The van der Waals surface area contributed by atoms with E-state index >= 15 is 0 Å². The van der Waals surface area contributed by atoms with Crippen LogP contribution in [-0.2, 0) is 9.53 Å². The Morgan fingerprint density at radius 2 is 1.56 bits per heavy atom. The predicted molar refractivity (Wildman–Crippen MR) is 123 cm³/mol. The fourth-order valence-electron chi connectivity index (χ4n) is 3.65. The van der Waals surface area contributed by atoms with Crippen molar-refractivity contribution >= 4 is 11.8 Å². The first-order chi connectivity index (χ1) is 15.5. The van der Waals surface area contributed by atoms with Crippen LogP contribution in [0.3, 0.4) is 0 Å². The molecule has 0 aliphatic heterocycles. The van der Waals surface area contributed by atoms with Crippen molar-refractivity contribution in [3.63, 3.8) is 0 Å². The molecule has 0 unspecified atom stereocenters. The molecule has 2 aromatic carbocycles. The van der Waals surface area contributed by atoms with Gasteiger partial charge in [0.25, 0.3) is 5.91 Å². The lowest BCUT2D eigenvalue weighted by atomic mass is 9.98. The Labute approximate surface area is 189 Å². The first-order valence-electron chi connectivity index (χ1n) is 10.7. The van der Waals surface area contributed by atoms with E-state index in [2.05, 4.69) is 5.32 Å². The number of rotatable bonds is 10. The van der Waals surface area contributed by atoms with Gasteiger partial charge < -0.3 is 19.4 Å². The minimum Gasteiger partial charge on any atom is -0.466 e. The van der Waals surface area contributed by atoms with E-state index in [1.54, 1.807) is 25.0 Å². The number of carbonyl (C=O) groups is 2. The molecule has 0 saturated heterocycles. The van der Waals surface area contributed by atoms with E-state index in [0.717, 1.165) is 11.1 Å². The molecule has 6 nitrogen and oxygen atoms in total. The van der Waals surface area contributed by atoms with Crippen molar-refractivity contribution < 1.29 is 18.7 Å². The zero-order valence-electron chi connectivity index (χ0n) is 18.8. The monoisotopic (exact) mass is 434 g/mol. The van der Waals surface area contributed by atoms with Gasteiger partial charge in [-0.15, -0.1) is 0 Å². The number of benzene rings is 2. The fourth-order valence-corrected chi connectivity index (χ4v) is 3.65. The average Bonchev–Trinajstić information content (AvgIpc) is 3.16. The van der Waals surface area contributed by atoms with Gasteiger partial charge >= 0.3 is 0 Å². The van der Waals surface area contributed by atoms with Crippen molar-refractivity contribution in [1.82, 2.24) is 10.2 Å². The highest BCUT2D eigenvalue weighted by Gasteiger charge is 2.22. The van der Waals surface area contributed by atoms with Crippen LogP contribution in [0.4, 0.5) is 0 Å². The van der Waals surface area contributed by atoms with Gasteiger partial charge in [-0.1, -0.05) is 60.7 Å². The van der Waals surface area contributed by atoms with E-state index in [4.69, 9.17) is 9.15 Å². The van der Waals surface area contributed by atoms with Crippen LogP contribution in [0, 0.1) is 13.8 Å². The normalized spacial score (nSPS) is 10.9. The number of hydrogen-bond acceptors (Lipinski definition) is 4. The lowest BCUT2D eigenvalue weighted by Crippen LogP contribution is -2.38. The van der Waals surface area contributed by atoms with E-state index < -0.39 is 0 Å². The molecule has 3 aromatic rings. The third-order valence-corrected chi connectivity index (χ3v) is 5.30. The van der Waals surface area contributed by atoms with Gasteiger partial charge in [-0.05, 0) is 31.0 Å². The molecule has 0 saturated carbocycles. The van der Waals surface area contributed by atoms with Crippen molar-refractivity contribution in [2.45, 2.75) is 26.3 Å². The summed E-state index contributed by atoms with van der Waals surface area (Å²) in [5.74, 6) is 0.973. The van der Waals surface area contributed by atoms with E-state index in [0.29, 0.717) is 30.2 Å². The third-order valence-electron chi connectivity index (χ3n) is 5.30. The Bertz CT molecular complexity index is 975. The minimum atomic E-state index is -0.258. The van der Waals surface area contributed by atoms with Crippen molar-refractivity contribution in [3.8, 4) is 0 Å². The van der Waals surface area contributed by atoms with Crippen molar-refractivity contribution in [2.24, 2.45) is 0 Å². The zero-order valence-corrected chi connectivity index (χ0v) is 18.8. The summed E-state index contributed by atoms with van der Waals surface area (Å²) in [6, 6.07) is 21.2. The van der Waals surface area contributed by atoms with E-state index in [-0.39, 0.29) is 30.8 Å². The number of methoxy groups -OCH3 is 1. The second-order valence-electron chi connectivity index (χ2n) is 7.68. The van der Waals surface area contributed by atoms with Crippen molar-refractivity contribution in [2.75, 3.05) is 26.8 Å². The Hall–Kier alpha value is -3.38. The van der Waals surface area contributed by atoms with Gasteiger partial charge in [0.05, 0.1) is 18.2 Å². The minimum absolute atomic E-state index is 0.127. The molecule has 3 rings (SSSR count). The van der Waals surface area contributed by atoms with Gasteiger partial charge in [0.2, 0.25) is 5.91 Å². The molecular formula is C26H30N2O4. The summed E-state index contributed by atoms with van der Waals surface area (Å²) in [6.07, 6.45) is 0.182. The molecule has 0 spiro atoms. The Morgan fingerprint density at radius 3 is 2.06 bits per heavy atom. The molecule has 0 radical (unpaired) electrons. The molecule has 32 heavy (non-hydrogen) atoms. The van der Waals surface area contributed by atoms with Gasteiger partial charge in [-0.25, -0.2) is 0 Å². The van der Waals surface area contributed by atoms with Gasteiger partial charge in [0, 0.05) is 26.6 Å². The summed E-state index contributed by atoms with van der Waals surface area (Å²) in [4.78, 5) is 27.6. The van der Waals surface area contributed by atoms with Gasteiger partial charge in [0.15, 0.2) is 0 Å². The van der Waals surface area contributed by atoms with Crippen LogP contribution in [0.2, 0.25) is 0 Å². The topological polar surface area (TPSA) is 71.8 Å². The highest BCUT2D eigenvalue weighted by molar-refractivity contribution is 5.95. The Balaban J connectivity index is 1.70. The predicted octanol–water partition coefficient (Wildman–Crippen LogP) is 4.28. The van der Waals surface area contributed by atoms with Crippen LogP contribution in [0.1, 0.15) is 45.5 Å². The van der Waals surface area contributed by atoms with E-state index in [1.165, 1.54) is 0 Å². The number of furan rings is 1. The van der Waals surface area contributed by atoms with Crippen LogP contribution in [0.15, 0.2) is 71.1 Å². The van der Waals surface area contributed by atoms with E-state index in [1.807, 2.05) is 67.6 Å². The van der Waals surface area contributed by atoms with E-state index in [9.17, 15) is 9.59 Å². The van der Waals surface area contributed by atoms with Gasteiger partial charge in [-0.2, -0.15) is 0 Å². The number of hydrogen-bond donors (Lipinski definition) is 1. The number of amides is 2. The SMILES string of the molecule is COCCN(CCC(=O)NC(c1ccccc1)c1ccccc1)C(=O)c1cc(C)oc1C. The molecule has 168 valence electrons. The number of ether oxygens (including phenoxy) is 1. The summed E-state index contributed by atoms with van der Waals surface area (Å²) in [7, 11) is 1.59. The molecule has 1 heterocycles. The molecule has 0 aliphatic carbocycles. The number of carbonyl (C=O) groups excluding carboxylic acids is 2. The van der Waals surface area contributed by atoms with Crippen LogP contribution in [-0.4, -0.2) is 43.5 Å². The Morgan fingerprint density at radius 1 is 0.969 bits per heavy atom. The molecule has 2 amide bonds. The standard InChI is InChI=1S/C26H30N2O4/c1-19-18-23(20(2)32-19)26(30)28(16-17-31-3)15-14-24(29)27-25(21-10-6-4-7-11-21)22-12-8-5-9-13-22/h4-13,18,25H,14-17H2,1-3H3,(H,27,29). The largest absolute Gasteiger partial charge is 0.466 e. The van der Waals surface area contributed by atoms with Crippen molar-refractivity contribution in [3.05, 3.63) is 94.9 Å². The third kappa shape index (κ3) is 6.08. The average molecular weight is 435 g/mol. The first-order valence-corrected chi connectivity index (χ1v) is 10.7. The second-order valence-corrected chi connectivity index (χ2v) is 7.68. The van der Waals surface area contributed by atoms with Gasteiger partial charge in [-0.3, -0.25) is 9.59 Å². The summed E-state index contributed by atoms with van der Waals surface area (Å²) in [6.45, 7) is 4.65. The number of nitrogens with one attached hydrogen (secondary N) is 1. The summed E-state index contributed by atoms with van der Waals surface area (Å²) in [5, 5.41) is 3.13. The maximum absolute atomic E-state index is 13.0. The highest BCUT2D eigenvalue weighted by atomic mass is 16.5. The summed E-state index contributed by atoms with van der Waals surface area (Å²) < 4.78 is 10.7. The lowest BCUT2D eigenvalue weighted by molar-refractivity contribution is -0.121. The smallest absolute Gasteiger partial charge is 0.257 e. The van der Waals surface area contributed by atoms with Crippen LogP contribution >= 0.6 is 0 Å². The summed E-state index contributed by atoms with van der Waals surface area (Å²) in [5.41, 5.74) is 2.53. The molecule has 1 N–H and O–H groups in total. The van der Waals surface area contributed by atoms with Gasteiger partial charge in [0.1, 0.15) is 11.5 Å². The highest BCUT2D eigenvalue weighted by Crippen LogP contribution is 2.22. The molecule has 0 fully saturated rings. The first kappa shape index (κ1) is 23.3. The molecular weight excluding hydrogens is 404 g/mol. The maximum atomic E-state index is 13.0. The van der Waals surface area contributed by atoms with Crippen LogP contribution in [0.25, 0.3) is 0 Å². The zero-order chi connectivity index (χ0) is 22.9. The lowest BCUT2D eigenvalue weighted by Gasteiger charge is -2.24. The quantitative estimate of drug-likeness (QED) is 0.517. The summed E-state index contributed by atoms with van der Waals surface area (Å²) >= 11 is 0. The molecule has 0 aliphatic rings. The number of aryl methyl sites for hydroxylation is 2. The van der Waals surface area contributed by atoms with Crippen molar-refractivity contribution in [1.29, 1.82) is 0 Å². The van der Waals surface area contributed by atoms with Crippen LogP contribution < -0.4 is 5.32 Å². The molecule has 6 heteroatoms.